The molecule has 144 valence electrons. The van der Waals surface area contributed by atoms with Crippen LogP contribution in [0.4, 0.5) is 0 Å². The average Bonchev–Trinajstić information content (AvgIpc) is 3.01. The zero-order valence-electron chi connectivity index (χ0n) is 17.1. The number of aromatic nitrogens is 4. The fourth-order valence-corrected chi connectivity index (χ4v) is 3.35. The quantitative estimate of drug-likeness (QED) is 0.696. The van der Waals surface area contributed by atoms with E-state index < -0.39 is 0 Å². The molecule has 0 aliphatic rings. The number of rotatable bonds is 6. The summed E-state index contributed by atoms with van der Waals surface area (Å²) >= 11 is 0. The van der Waals surface area contributed by atoms with Crippen LogP contribution >= 0.6 is 0 Å². The van der Waals surface area contributed by atoms with E-state index in [1.807, 2.05) is 30.8 Å². The van der Waals surface area contributed by atoms with E-state index >= 15 is 0 Å². The third-order valence-electron chi connectivity index (χ3n) is 4.86. The minimum Gasteiger partial charge on any atom is -0.326 e. The van der Waals surface area contributed by atoms with Crippen LogP contribution in [0.3, 0.4) is 0 Å². The number of pyridine rings is 2. The predicted octanol–water partition coefficient (Wildman–Crippen LogP) is 3.73. The molecule has 3 aromatic rings. The first-order valence-electron chi connectivity index (χ1n) is 9.55. The average molecular weight is 367 g/mol. The Labute approximate surface area is 160 Å². The molecule has 0 radical (unpaired) electrons. The lowest BCUT2D eigenvalue weighted by Crippen LogP contribution is -2.23. The molecule has 6 nitrogen and oxygen atoms in total. The number of aromatic amines is 1. The van der Waals surface area contributed by atoms with Gasteiger partial charge in [0.25, 0.3) is 5.56 Å². The van der Waals surface area contributed by atoms with Gasteiger partial charge in [-0.3, -0.25) is 4.79 Å². The fraction of sp³-hybridized carbons (Fsp3) is 0.476. The zero-order chi connectivity index (χ0) is 19.7. The second-order valence-electron chi connectivity index (χ2n) is 7.83. The van der Waals surface area contributed by atoms with Crippen molar-refractivity contribution in [1.29, 1.82) is 0 Å². The van der Waals surface area contributed by atoms with Crippen LogP contribution in [0.25, 0.3) is 11.0 Å². The number of hydrogen-bond donors (Lipinski definition) is 2. The molecule has 0 saturated heterocycles. The summed E-state index contributed by atoms with van der Waals surface area (Å²) in [6, 6.07) is 4.41. The maximum atomic E-state index is 12.2. The molecule has 0 fully saturated rings. The summed E-state index contributed by atoms with van der Waals surface area (Å²) in [7, 11) is 0. The number of fused-ring (bicyclic) bond motifs is 1. The summed E-state index contributed by atoms with van der Waals surface area (Å²) in [6.07, 6.45) is 1.90. The highest BCUT2D eigenvalue weighted by Crippen LogP contribution is 2.24. The molecule has 0 aliphatic heterocycles. The van der Waals surface area contributed by atoms with E-state index in [1.54, 1.807) is 0 Å². The van der Waals surface area contributed by atoms with E-state index in [4.69, 9.17) is 4.98 Å². The Bertz CT molecular complexity index is 1010. The molecular formula is C21H29N5O. The molecule has 2 N–H and O–H groups in total. The maximum absolute atomic E-state index is 12.2. The molecule has 6 heteroatoms. The number of aryl methyl sites for hydroxylation is 2. The second-order valence-corrected chi connectivity index (χ2v) is 7.83. The smallest absolute Gasteiger partial charge is 0.252 e. The number of H-pyrrole nitrogens is 1. The Morgan fingerprint density at radius 1 is 1.15 bits per heavy atom. The van der Waals surface area contributed by atoms with Gasteiger partial charge in [-0.2, -0.15) is 5.10 Å². The Balaban J connectivity index is 1.89. The molecule has 0 bridgehead atoms. The van der Waals surface area contributed by atoms with Gasteiger partial charge < -0.3 is 10.3 Å². The van der Waals surface area contributed by atoms with E-state index in [9.17, 15) is 4.79 Å². The van der Waals surface area contributed by atoms with Crippen molar-refractivity contribution >= 4 is 11.0 Å². The number of hydrogen-bond acceptors (Lipinski definition) is 4. The summed E-state index contributed by atoms with van der Waals surface area (Å²) in [4.78, 5) is 19.9. The minimum absolute atomic E-state index is 0.0182. The SMILES string of the molecule is Cc1cc(C)c(CNCc2cc(C(C)C)nc3c2cnn3C(C)C)c(=O)[nH]1. The van der Waals surface area contributed by atoms with Crippen molar-refractivity contribution in [2.75, 3.05) is 0 Å². The van der Waals surface area contributed by atoms with Gasteiger partial charge in [-0.05, 0) is 56.9 Å². The van der Waals surface area contributed by atoms with E-state index in [0.29, 0.717) is 19.0 Å². The third-order valence-corrected chi connectivity index (χ3v) is 4.86. The fourth-order valence-electron chi connectivity index (χ4n) is 3.35. The first-order valence-corrected chi connectivity index (χ1v) is 9.55. The molecular weight excluding hydrogens is 338 g/mol. The van der Waals surface area contributed by atoms with E-state index in [2.05, 4.69) is 49.2 Å². The molecule has 3 rings (SSSR count). The van der Waals surface area contributed by atoms with Gasteiger partial charge in [0.2, 0.25) is 0 Å². The van der Waals surface area contributed by atoms with Crippen LogP contribution in [0.5, 0.6) is 0 Å². The van der Waals surface area contributed by atoms with Crippen LogP contribution in [-0.4, -0.2) is 19.7 Å². The van der Waals surface area contributed by atoms with Crippen LogP contribution in [-0.2, 0) is 13.1 Å². The van der Waals surface area contributed by atoms with Crippen molar-refractivity contribution in [2.45, 2.75) is 66.6 Å². The van der Waals surface area contributed by atoms with E-state index in [0.717, 1.165) is 39.1 Å². The Kier molecular flexibility index (Phi) is 5.46. The normalized spacial score (nSPS) is 11.9. The minimum atomic E-state index is -0.0182. The molecule has 0 amide bonds. The molecule has 0 atom stereocenters. The summed E-state index contributed by atoms with van der Waals surface area (Å²) < 4.78 is 1.97. The second kappa shape index (κ2) is 7.64. The predicted molar refractivity (Wildman–Crippen MR) is 109 cm³/mol. The topological polar surface area (TPSA) is 75.6 Å². The van der Waals surface area contributed by atoms with Gasteiger partial charge >= 0.3 is 0 Å². The molecule has 0 aliphatic carbocycles. The van der Waals surface area contributed by atoms with Crippen molar-refractivity contribution in [3.05, 3.63) is 56.8 Å². The Morgan fingerprint density at radius 3 is 2.52 bits per heavy atom. The van der Waals surface area contributed by atoms with Crippen LogP contribution in [0.1, 0.15) is 67.7 Å². The molecule has 0 aromatic carbocycles. The van der Waals surface area contributed by atoms with Gasteiger partial charge in [0.15, 0.2) is 5.65 Å². The molecule has 0 spiro atoms. The van der Waals surface area contributed by atoms with Crippen molar-refractivity contribution < 1.29 is 0 Å². The molecule has 3 aromatic heterocycles. The monoisotopic (exact) mass is 367 g/mol. The van der Waals surface area contributed by atoms with Crippen molar-refractivity contribution in [3.8, 4) is 0 Å². The summed E-state index contributed by atoms with van der Waals surface area (Å²) in [5.74, 6) is 0.339. The third kappa shape index (κ3) is 3.95. The first-order chi connectivity index (χ1) is 12.8. The Hall–Kier alpha value is -2.47. The van der Waals surface area contributed by atoms with Gasteiger partial charge in [-0.15, -0.1) is 0 Å². The lowest BCUT2D eigenvalue weighted by atomic mass is 10.0. The van der Waals surface area contributed by atoms with Gasteiger partial charge in [0, 0.05) is 41.5 Å². The van der Waals surface area contributed by atoms with Crippen LogP contribution < -0.4 is 10.9 Å². The summed E-state index contributed by atoms with van der Waals surface area (Å²) in [6.45, 7) is 13.6. The number of nitrogens with one attached hydrogen (secondary N) is 2. The highest BCUT2D eigenvalue weighted by Gasteiger charge is 2.15. The van der Waals surface area contributed by atoms with Crippen LogP contribution in [0.15, 0.2) is 23.1 Å². The highest BCUT2D eigenvalue weighted by molar-refractivity contribution is 5.79. The molecule has 27 heavy (non-hydrogen) atoms. The molecule has 3 heterocycles. The van der Waals surface area contributed by atoms with Gasteiger partial charge in [0.05, 0.1) is 6.20 Å². The van der Waals surface area contributed by atoms with Crippen LogP contribution in [0.2, 0.25) is 0 Å². The summed E-state index contributed by atoms with van der Waals surface area (Å²) in [5, 5.41) is 9.03. The van der Waals surface area contributed by atoms with E-state index in [-0.39, 0.29) is 11.6 Å². The first kappa shape index (κ1) is 19.3. The van der Waals surface area contributed by atoms with Gasteiger partial charge in [-0.1, -0.05) is 13.8 Å². The lowest BCUT2D eigenvalue weighted by Gasteiger charge is -2.13. The van der Waals surface area contributed by atoms with Gasteiger partial charge in [-0.25, -0.2) is 9.67 Å². The largest absolute Gasteiger partial charge is 0.326 e. The highest BCUT2D eigenvalue weighted by atomic mass is 16.1. The molecule has 0 saturated carbocycles. The maximum Gasteiger partial charge on any atom is 0.252 e. The van der Waals surface area contributed by atoms with Crippen molar-refractivity contribution in [1.82, 2.24) is 25.1 Å². The Morgan fingerprint density at radius 2 is 1.89 bits per heavy atom. The zero-order valence-corrected chi connectivity index (χ0v) is 17.1. The van der Waals surface area contributed by atoms with Crippen molar-refractivity contribution in [2.24, 2.45) is 0 Å². The lowest BCUT2D eigenvalue weighted by molar-refractivity contribution is 0.545. The standard InChI is InChI=1S/C21H29N5O/c1-12(2)19-8-16(18-11-23-26(13(3)4)20(18)25-19)9-22-10-17-14(5)7-15(6)24-21(17)27/h7-8,11-13,22H,9-10H2,1-6H3,(H,24,27). The summed E-state index contributed by atoms with van der Waals surface area (Å²) in [5.41, 5.74) is 5.82. The molecule has 0 unspecified atom stereocenters. The number of nitrogens with zero attached hydrogens (tertiary/aromatic N) is 3. The van der Waals surface area contributed by atoms with E-state index in [1.165, 1.54) is 0 Å². The van der Waals surface area contributed by atoms with Gasteiger partial charge in [0.1, 0.15) is 0 Å². The van der Waals surface area contributed by atoms with Crippen LogP contribution in [0, 0.1) is 13.8 Å². The van der Waals surface area contributed by atoms with Crippen molar-refractivity contribution in [3.63, 3.8) is 0 Å².